The molecule has 0 aliphatic carbocycles. The van der Waals surface area contributed by atoms with Gasteiger partial charge in [-0.3, -0.25) is 0 Å². The van der Waals surface area contributed by atoms with Crippen LogP contribution in [0.15, 0.2) is 18.3 Å². The van der Waals surface area contributed by atoms with Gasteiger partial charge in [0.25, 0.3) is 0 Å². The molecule has 15 heavy (non-hydrogen) atoms. The van der Waals surface area contributed by atoms with Gasteiger partial charge in [0.1, 0.15) is 5.82 Å². The van der Waals surface area contributed by atoms with Crippen LogP contribution >= 0.6 is 0 Å². The Hall–Kier alpha value is -1.13. The van der Waals surface area contributed by atoms with E-state index in [-0.39, 0.29) is 5.92 Å². The summed E-state index contributed by atoms with van der Waals surface area (Å²) < 4.78 is 4.99. The van der Waals surface area contributed by atoms with Crippen molar-refractivity contribution in [2.45, 2.75) is 19.4 Å². The molecule has 4 heteroatoms. The molecule has 0 aliphatic heterocycles. The minimum absolute atomic E-state index is 0.0922. The number of aliphatic hydroxyl groups is 1. The molecule has 0 aromatic carbocycles. The average molecular weight is 210 g/mol. The third-order valence-corrected chi connectivity index (χ3v) is 2.44. The predicted octanol–water partition coefficient (Wildman–Crippen LogP) is 0.850. The molecule has 1 heterocycles. The Morgan fingerprint density at radius 3 is 2.93 bits per heavy atom. The van der Waals surface area contributed by atoms with Gasteiger partial charge >= 0.3 is 0 Å². The highest BCUT2D eigenvalue weighted by Crippen LogP contribution is 2.14. The fourth-order valence-electron chi connectivity index (χ4n) is 1.42. The monoisotopic (exact) mass is 210 g/mol. The first-order valence-electron chi connectivity index (χ1n) is 5.01. The summed E-state index contributed by atoms with van der Waals surface area (Å²) in [4.78, 5) is 3.97. The van der Waals surface area contributed by atoms with Crippen molar-refractivity contribution in [2.75, 3.05) is 19.5 Å². The van der Waals surface area contributed by atoms with Crippen LogP contribution in [0, 0.1) is 5.92 Å². The summed E-state index contributed by atoms with van der Waals surface area (Å²) in [7, 11) is 1.63. The van der Waals surface area contributed by atoms with Crippen LogP contribution in [0.2, 0.25) is 0 Å². The summed E-state index contributed by atoms with van der Waals surface area (Å²) in [6.07, 6.45) is 1.71. The van der Waals surface area contributed by atoms with Crippen LogP contribution < -0.4 is 5.73 Å². The smallest absolute Gasteiger partial charge is 0.126 e. The number of hydrogen-bond donors (Lipinski definition) is 2. The van der Waals surface area contributed by atoms with Crippen LogP contribution in [0.5, 0.6) is 0 Å². The molecule has 1 aromatic heterocycles. The lowest BCUT2D eigenvalue weighted by molar-refractivity contribution is 0.0575. The van der Waals surface area contributed by atoms with Gasteiger partial charge in [0.05, 0.1) is 12.7 Å². The Morgan fingerprint density at radius 2 is 2.33 bits per heavy atom. The molecule has 2 atom stereocenters. The molecule has 0 aliphatic rings. The Balaban J connectivity index is 2.58. The molecule has 1 rings (SSSR count). The Bertz CT molecular complexity index is 304. The van der Waals surface area contributed by atoms with Crippen LogP contribution in [0.1, 0.15) is 12.5 Å². The molecular weight excluding hydrogens is 192 g/mol. The molecule has 3 N–H and O–H groups in total. The van der Waals surface area contributed by atoms with Gasteiger partial charge in [-0.1, -0.05) is 13.0 Å². The van der Waals surface area contributed by atoms with Crippen molar-refractivity contribution in [1.82, 2.24) is 4.98 Å². The number of anilines is 1. The zero-order valence-corrected chi connectivity index (χ0v) is 9.18. The molecular formula is C11H18N2O2. The first-order chi connectivity index (χ1) is 7.15. The van der Waals surface area contributed by atoms with Gasteiger partial charge in [0, 0.05) is 25.6 Å². The number of nitrogens with two attached hydrogens (primary N) is 1. The number of methoxy groups -OCH3 is 1. The Morgan fingerprint density at radius 1 is 1.60 bits per heavy atom. The summed E-state index contributed by atoms with van der Waals surface area (Å²) in [5.41, 5.74) is 6.57. The van der Waals surface area contributed by atoms with Crippen LogP contribution in [0.3, 0.4) is 0 Å². The van der Waals surface area contributed by atoms with Crippen molar-refractivity contribution >= 4 is 5.82 Å². The summed E-state index contributed by atoms with van der Waals surface area (Å²) in [6, 6.07) is 3.70. The maximum Gasteiger partial charge on any atom is 0.126 e. The molecule has 0 saturated heterocycles. The highest BCUT2D eigenvalue weighted by atomic mass is 16.5. The standard InChI is InChI=1S/C11H18N2O2/c1-8(7-15-2)10(14)6-9-4-3-5-13-11(9)12/h3-5,8,10,14H,6-7H2,1-2H3,(H2,12,13). The third-order valence-electron chi connectivity index (χ3n) is 2.44. The van der Waals surface area contributed by atoms with Crippen molar-refractivity contribution in [3.8, 4) is 0 Å². The number of aromatic nitrogens is 1. The number of pyridine rings is 1. The molecule has 1 aromatic rings. The first kappa shape index (κ1) is 11.9. The molecule has 4 nitrogen and oxygen atoms in total. The summed E-state index contributed by atoms with van der Waals surface area (Å²) in [6.45, 7) is 2.49. The number of aliphatic hydroxyl groups excluding tert-OH is 1. The van der Waals surface area contributed by atoms with E-state index in [1.54, 1.807) is 13.3 Å². The van der Waals surface area contributed by atoms with Gasteiger partial charge < -0.3 is 15.6 Å². The normalized spacial score (nSPS) is 14.9. The van der Waals surface area contributed by atoms with Crippen molar-refractivity contribution in [1.29, 1.82) is 0 Å². The van der Waals surface area contributed by atoms with E-state index in [4.69, 9.17) is 10.5 Å². The maximum absolute atomic E-state index is 9.86. The SMILES string of the molecule is COCC(C)C(O)Cc1cccnc1N. The second-order valence-electron chi connectivity index (χ2n) is 3.75. The molecule has 0 fully saturated rings. The predicted molar refractivity (Wildman–Crippen MR) is 59.4 cm³/mol. The second-order valence-corrected chi connectivity index (χ2v) is 3.75. The van der Waals surface area contributed by atoms with E-state index in [9.17, 15) is 5.11 Å². The third kappa shape index (κ3) is 3.49. The van der Waals surface area contributed by atoms with Gasteiger partial charge in [0.15, 0.2) is 0 Å². The molecule has 0 saturated carbocycles. The van der Waals surface area contributed by atoms with Crippen molar-refractivity contribution in [2.24, 2.45) is 5.92 Å². The van der Waals surface area contributed by atoms with Crippen molar-refractivity contribution in [3.63, 3.8) is 0 Å². The lowest BCUT2D eigenvalue weighted by Crippen LogP contribution is -2.24. The van der Waals surface area contributed by atoms with Gasteiger partial charge in [-0.15, -0.1) is 0 Å². The van der Waals surface area contributed by atoms with Crippen molar-refractivity contribution in [3.05, 3.63) is 23.9 Å². The lowest BCUT2D eigenvalue weighted by Gasteiger charge is -2.18. The fraction of sp³-hybridized carbons (Fsp3) is 0.545. The largest absolute Gasteiger partial charge is 0.392 e. The fourth-order valence-corrected chi connectivity index (χ4v) is 1.42. The number of hydrogen-bond acceptors (Lipinski definition) is 4. The van der Waals surface area contributed by atoms with E-state index in [1.807, 2.05) is 19.1 Å². The average Bonchev–Trinajstić information content (AvgIpc) is 2.21. The summed E-state index contributed by atoms with van der Waals surface area (Å²) in [5.74, 6) is 0.579. The van der Waals surface area contributed by atoms with Crippen molar-refractivity contribution < 1.29 is 9.84 Å². The summed E-state index contributed by atoms with van der Waals surface area (Å²) in [5, 5.41) is 9.86. The Labute approximate surface area is 90.1 Å². The zero-order valence-electron chi connectivity index (χ0n) is 9.18. The zero-order chi connectivity index (χ0) is 11.3. The molecule has 0 bridgehead atoms. The van der Waals surface area contributed by atoms with E-state index in [2.05, 4.69) is 4.98 Å². The van der Waals surface area contributed by atoms with E-state index in [1.165, 1.54) is 0 Å². The quantitative estimate of drug-likeness (QED) is 0.756. The lowest BCUT2D eigenvalue weighted by atomic mass is 9.99. The second kappa shape index (κ2) is 5.68. The van der Waals surface area contributed by atoms with E-state index in [0.29, 0.717) is 18.8 Å². The van der Waals surface area contributed by atoms with Gasteiger partial charge in [-0.05, 0) is 11.6 Å². The Kier molecular flexibility index (Phi) is 4.52. The topological polar surface area (TPSA) is 68.4 Å². The molecule has 0 radical (unpaired) electrons. The van der Waals surface area contributed by atoms with E-state index >= 15 is 0 Å². The van der Waals surface area contributed by atoms with E-state index in [0.717, 1.165) is 5.56 Å². The number of nitrogens with zero attached hydrogens (tertiary/aromatic N) is 1. The molecule has 0 amide bonds. The molecule has 2 unspecified atom stereocenters. The molecule has 84 valence electrons. The van der Waals surface area contributed by atoms with Crippen LogP contribution in [0.4, 0.5) is 5.82 Å². The number of nitrogen functional groups attached to an aromatic ring is 1. The minimum Gasteiger partial charge on any atom is -0.392 e. The van der Waals surface area contributed by atoms with Gasteiger partial charge in [-0.25, -0.2) is 4.98 Å². The molecule has 0 spiro atoms. The summed E-state index contributed by atoms with van der Waals surface area (Å²) >= 11 is 0. The maximum atomic E-state index is 9.86. The van der Waals surface area contributed by atoms with Gasteiger partial charge in [-0.2, -0.15) is 0 Å². The van der Waals surface area contributed by atoms with Crippen LogP contribution in [-0.4, -0.2) is 29.9 Å². The number of ether oxygens (including phenoxy) is 1. The van der Waals surface area contributed by atoms with Crippen LogP contribution in [0.25, 0.3) is 0 Å². The van der Waals surface area contributed by atoms with Gasteiger partial charge in [0.2, 0.25) is 0 Å². The first-order valence-corrected chi connectivity index (χ1v) is 5.01. The van der Waals surface area contributed by atoms with E-state index < -0.39 is 6.10 Å². The number of rotatable bonds is 5. The highest BCUT2D eigenvalue weighted by Gasteiger charge is 2.15. The van der Waals surface area contributed by atoms with Crippen LogP contribution in [-0.2, 0) is 11.2 Å². The highest BCUT2D eigenvalue weighted by molar-refractivity contribution is 5.38. The minimum atomic E-state index is -0.448.